The van der Waals surface area contributed by atoms with E-state index in [1.54, 1.807) is 0 Å². The van der Waals surface area contributed by atoms with E-state index < -0.39 is 11.6 Å². The standard InChI is InChI=1S/C85H49F2N7/c1-88-71-50-85(94-82-47-56(91-76-30-14-6-22-62(76)63-23-7-15-31-77(63)91)36-40-68(82)69-41-37-57(48-83(69)94)92-78-32-16-8-24-64(78)65-25-9-17-33-79(65)92)84(49-70(71)51-42-52(86)44-53(87)43-51)93-80-45-54(89-72-26-10-2-18-58(72)59-19-3-11-27-73(59)89)34-38-66(80)67-39-35-55(46-81(67)93)90-74-28-12-4-20-60(74)61-21-5-13-29-75(61)90/h2-50H. The second kappa shape index (κ2) is 19.6. The maximum atomic E-state index is 16.0. The molecule has 0 atom stereocenters. The van der Waals surface area contributed by atoms with Crippen LogP contribution in [0.15, 0.2) is 297 Å². The van der Waals surface area contributed by atoms with Crippen LogP contribution in [0.3, 0.4) is 0 Å². The molecule has 0 N–H and O–H groups in total. The summed E-state index contributed by atoms with van der Waals surface area (Å²) < 4.78 is 46.0. The van der Waals surface area contributed by atoms with Crippen LogP contribution in [-0.4, -0.2) is 27.4 Å². The minimum absolute atomic E-state index is 0.230. The molecule has 0 saturated carbocycles. The first-order valence-corrected chi connectivity index (χ1v) is 31.6. The van der Waals surface area contributed by atoms with Crippen molar-refractivity contribution in [1.29, 1.82) is 0 Å². The lowest BCUT2D eigenvalue weighted by molar-refractivity contribution is 0.584. The molecule has 0 fully saturated rings. The molecule has 0 radical (unpaired) electrons. The third-order valence-electron chi connectivity index (χ3n) is 19.7. The van der Waals surface area contributed by atoms with Gasteiger partial charge in [-0.1, -0.05) is 170 Å². The normalized spacial score (nSPS) is 12.1. The third-order valence-corrected chi connectivity index (χ3v) is 19.7. The Morgan fingerprint density at radius 1 is 0.223 bits per heavy atom. The van der Waals surface area contributed by atoms with Crippen LogP contribution in [0.1, 0.15) is 0 Å². The summed E-state index contributed by atoms with van der Waals surface area (Å²) in [5.41, 5.74) is 18.2. The van der Waals surface area contributed by atoms with E-state index in [1.165, 1.54) is 12.1 Å². The summed E-state index contributed by atoms with van der Waals surface area (Å²) in [5.74, 6) is -1.48. The van der Waals surface area contributed by atoms with Gasteiger partial charge in [0.1, 0.15) is 11.6 Å². The topological polar surface area (TPSA) is 33.9 Å². The Morgan fingerprint density at radius 3 is 0.713 bits per heavy atom. The predicted molar refractivity (Wildman–Crippen MR) is 384 cm³/mol. The molecule has 0 aliphatic heterocycles. The lowest BCUT2D eigenvalue weighted by Gasteiger charge is -2.21. The molecule has 6 heterocycles. The quantitative estimate of drug-likeness (QED) is 0.143. The highest BCUT2D eigenvalue weighted by Crippen LogP contribution is 2.47. The van der Waals surface area contributed by atoms with Crippen molar-refractivity contribution < 1.29 is 8.78 Å². The summed E-state index contributed by atoms with van der Waals surface area (Å²) in [6, 6.07) is 103. The number of halogens is 2. The van der Waals surface area contributed by atoms with Crippen molar-refractivity contribution in [1.82, 2.24) is 27.4 Å². The zero-order valence-corrected chi connectivity index (χ0v) is 50.2. The van der Waals surface area contributed by atoms with Crippen molar-refractivity contribution >= 4 is 137 Å². The minimum atomic E-state index is -0.738. The highest BCUT2D eigenvalue weighted by molar-refractivity contribution is 6.17. The minimum Gasteiger partial charge on any atom is -0.309 e. The van der Waals surface area contributed by atoms with Gasteiger partial charge in [-0.3, -0.25) is 0 Å². The fourth-order valence-electron chi connectivity index (χ4n) is 15.8. The van der Waals surface area contributed by atoms with E-state index in [4.69, 9.17) is 6.57 Å². The van der Waals surface area contributed by atoms with Crippen molar-refractivity contribution in [2.75, 3.05) is 0 Å². The Bertz CT molecular complexity index is 6160. The molecule has 9 heteroatoms. The molecule has 6 aromatic heterocycles. The van der Waals surface area contributed by atoms with E-state index in [0.717, 1.165) is 160 Å². The Kier molecular flexibility index (Phi) is 10.9. The Hall–Kier alpha value is -12.8. The molecule has 0 aliphatic carbocycles. The highest BCUT2D eigenvalue weighted by Gasteiger charge is 2.27. The summed E-state index contributed by atoms with van der Waals surface area (Å²) in [4.78, 5) is 4.32. The fraction of sp³-hybridized carbons (Fsp3) is 0. The summed E-state index contributed by atoms with van der Waals surface area (Å²) in [7, 11) is 0. The number of para-hydroxylation sites is 8. The van der Waals surface area contributed by atoms with Crippen molar-refractivity contribution in [3.05, 3.63) is 320 Å². The van der Waals surface area contributed by atoms with Gasteiger partial charge in [-0.15, -0.1) is 0 Å². The van der Waals surface area contributed by atoms with Crippen LogP contribution in [-0.2, 0) is 0 Å². The Morgan fingerprint density at radius 2 is 0.457 bits per heavy atom. The largest absolute Gasteiger partial charge is 0.309 e. The fourth-order valence-corrected chi connectivity index (χ4v) is 15.8. The molecule has 20 aromatic rings. The summed E-state index contributed by atoms with van der Waals surface area (Å²) in [5, 5.41) is 13.2. The van der Waals surface area contributed by atoms with Crippen molar-refractivity contribution in [2.24, 2.45) is 0 Å². The Balaban J connectivity index is 0.965. The van der Waals surface area contributed by atoms with E-state index >= 15 is 8.78 Å². The average molecular weight is 1210 g/mol. The zero-order chi connectivity index (χ0) is 62.0. The van der Waals surface area contributed by atoms with E-state index in [1.807, 2.05) is 12.1 Å². The number of hydrogen-bond donors (Lipinski definition) is 0. The van der Waals surface area contributed by atoms with Crippen LogP contribution in [0.5, 0.6) is 0 Å². The van der Waals surface area contributed by atoms with E-state index in [2.05, 4.69) is 299 Å². The lowest BCUT2D eigenvalue weighted by atomic mass is 10.0. The van der Waals surface area contributed by atoms with Crippen molar-refractivity contribution in [3.63, 3.8) is 0 Å². The predicted octanol–water partition coefficient (Wildman–Crippen LogP) is 22.8. The second-order valence-electron chi connectivity index (χ2n) is 24.6. The molecule has 0 aliphatic rings. The first-order valence-electron chi connectivity index (χ1n) is 31.6. The van der Waals surface area contributed by atoms with Gasteiger partial charge in [0.25, 0.3) is 0 Å². The summed E-state index contributed by atoms with van der Waals surface area (Å²) in [6.45, 7) is 9.15. The summed E-state index contributed by atoms with van der Waals surface area (Å²) in [6.07, 6.45) is 0. The SMILES string of the molecule is [C-]#[N+]c1cc(-n2c3cc(-n4c5ccccc5c5ccccc54)ccc3c3ccc(-n4c5ccccc5c5ccccc54)cc32)c(-n2c3cc(-n4c5ccccc5c5ccccc54)ccc3c3ccc(-n4c5ccccc5c5ccccc54)cc32)cc1-c1cc(F)cc(F)c1. The van der Waals surface area contributed by atoms with Crippen LogP contribution >= 0.6 is 0 Å². The molecular weight excluding hydrogens is 1160 g/mol. The van der Waals surface area contributed by atoms with Crippen LogP contribution in [0.25, 0.3) is 181 Å². The number of aromatic nitrogens is 6. The molecule has 7 nitrogen and oxygen atoms in total. The highest BCUT2D eigenvalue weighted by atomic mass is 19.1. The van der Waals surface area contributed by atoms with E-state index in [9.17, 15) is 0 Å². The average Bonchev–Trinajstić information content (AvgIpc) is 1.55. The molecule has 0 saturated heterocycles. The first kappa shape index (κ1) is 52.0. The maximum absolute atomic E-state index is 16.0. The number of hydrogen-bond acceptors (Lipinski definition) is 0. The van der Waals surface area contributed by atoms with Gasteiger partial charge in [0, 0.05) is 93.5 Å². The van der Waals surface area contributed by atoms with Crippen LogP contribution in [0.2, 0.25) is 0 Å². The van der Waals surface area contributed by atoms with Gasteiger partial charge >= 0.3 is 0 Å². The first-order chi connectivity index (χ1) is 46.4. The zero-order valence-electron chi connectivity index (χ0n) is 50.2. The monoisotopic (exact) mass is 1210 g/mol. The molecule has 438 valence electrons. The van der Waals surface area contributed by atoms with Gasteiger partial charge < -0.3 is 27.4 Å². The molecule has 0 unspecified atom stereocenters. The molecule has 0 amide bonds. The van der Waals surface area contributed by atoms with E-state index in [-0.39, 0.29) is 11.3 Å². The third kappa shape index (κ3) is 7.33. The molecule has 0 bridgehead atoms. The molecule has 20 rings (SSSR count). The number of benzene rings is 14. The second-order valence-corrected chi connectivity index (χ2v) is 24.6. The van der Waals surface area contributed by atoms with Crippen LogP contribution in [0.4, 0.5) is 14.5 Å². The number of fused-ring (bicyclic) bond motifs is 18. The van der Waals surface area contributed by atoms with Gasteiger partial charge in [0.15, 0.2) is 5.69 Å². The smallest absolute Gasteiger partial charge is 0.197 e. The van der Waals surface area contributed by atoms with Gasteiger partial charge in [0.2, 0.25) is 0 Å². The summed E-state index contributed by atoms with van der Waals surface area (Å²) >= 11 is 0. The molecular formula is C85H49F2N7. The van der Waals surface area contributed by atoms with Gasteiger partial charge in [-0.2, -0.15) is 0 Å². The number of nitrogens with zero attached hydrogens (tertiary/aromatic N) is 7. The van der Waals surface area contributed by atoms with Gasteiger partial charge in [-0.05, 0) is 132 Å². The van der Waals surface area contributed by atoms with Crippen LogP contribution in [0, 0.1) is 18.2 Å². The lowest BCUT2D eigenvalue weighted by Crippen LogP contribution is -2.06. The van der Waals surface area contributed by atoms with Gasteiger partial charge in [0.05, 0.1) is 84.1 Å². The number of rotatable bonds is 7. The van der Waals surface area contributed by atoms with Crippen LogP contribution < -0.4 is 0 Å². The maximum Gasteiger partial charge on any atom is 0.197 e. The van der Waals surface area contributed by atoms with Crippen molar-refractivity contribution in [2.45, 2.75) is 0 Å². The van der Waals surface area contributed by atoms with Gasteiger partial charge in [-0.25, -0.2) is 13.6 Å². The van der Waals surface area contributed by atoms with Crippen molar-refractivity contribution in [3.8, 4) is 45.3 Å². The Labute approximate surface area is 535 Å². The molecule has 94 heavy (non-hydrogen) atoms. The molecule has 0 spiro atoms. The molecule has 14 aromatic carbocycles. The van der Waals surface area contributed by atoms with E-state index in [0.29, 0.717) is 16.9 Å².